The first-order valence-electron chi connectivity index (χ1n) is 12.2. The number of carbonyl (C=O) groups is 2. The molecule has 0 fully saturated rings. The van der Waals surface area contributed by atoms with Crippen molar-refractivity contribution in [1.82, 2.24) is 0 Å². The number of aryl methyl sites for hydroxylation is 1. The first-order chi connectivity index (χ1) is 17.1. The van der Waals surface area contributed by atoms with Crippen LogP contribution in [0, 0.1) is 21.4 Å². The van der Waals surface area contributed by atoms with Gasteiger partial charge >= 0.3 is 0 Å². The second-order valence-corrected chi connectivity index (χ2v) is 11.3. The molecule has 0 saturated heterocycles. The van der Waals surface area contributed by atoms with Crippen molar-refractivity contribution in [3.63, 3.8) is 0 Å². The van der Waals surface area contributed by atoms with E-state index in [1.54, 1.807) is 0 Å². The van der Waals surface area contributed by atoms with E-state index in [1.807, 2.05) is 31.2 Å². The zero-order chi connectivity index (χ0) is 26.0. The van der Waals surface area contributed by atoms with Gasteiger partial charge in [-0.2, -0.15) is 0 Å². The Bertz CT molecular complexity index is 1310. The Morgan fingerprint density at radius 2 is 1.75 bits per heavy atom. The molecule has 1 unspecified atom stereocenters. The molecular weight excluding hydrogens is 474 g/mol. The monoisotopic (exact) mass is 505 g/mol. The summed E-state index contributed by atoms with van der Waals surface area (Å²) in [4.78, 5) is 38.3. The standard InChI is InChI=1S/C28H31N3O4S/c1-5-17-8-6-7-9-22(17)29-26(33)24-21-15-12-19(28(2,3)4)16-23(21)36-27(24)30-25(32)18-10-13-20(14-11-18)31(34)35/h6-11,13-14,19H,5,12,15-16H2,1-4H3,(H,29,33)(H,30,32). The van der Waals surface area contributed by atoms with Crippen LogP contribution in [0.3, 0.4) is 0 Å². The third kappa shape index (κ3) is 5.33. The molecule has 8 heteroatoms. The van der Waals surface area contributed by atoms with Crippen LogP contribution in [-0.4, -0.2) is 16.7 Å². The summed E-state index contributed by atoms with van der Waals surface area (Å²) in [5, 5.41) is 17.5. The van der Waals surface area contributed by atoms with Crippen molar-refractivity contribution >= 4 is 39.5 Å². The number of fused-ring (bicyclic) bond motifs is 1. The highest BCUT2D eigenvalue weighted by Crippen LogP contribution is 2.44. The second kappa shape index (κ2) is 10.2. The highest BCUT2D eigenvalue weighted by Gasteiger charge is 2.34. The van der Waals surface area contributed by atoms with Gasteiger partial charge in [0.25, 0.3) is 17.5 Å². The molecule has 0 radical (unpaired) electrons. The van der Waals surface area contributed by atoms with E-state index in [2.05, 4.69) is 31.4 Å². The van der Waals surface area contributed by atoms with Crippen LogP contribution in [0.5, 0.6) is 0 Å². The topological polar surface area (TPSA) is 101 Å². The van der Waals surface area contributed by atoms with Crippen molar-refractivity contribution in [3.05, 3.63) is 85.8 Å². The summed E-state index contributed by atoms with van der Waals surface area (Å²) in [6.07, 6.45) is 3.41. The highest BCUT2D eigenvalue weighted by atomic mass is 32.1. The number of hydrogen-bond acceptors (Lipinski definition) is 5. The van der Waals surface area contributed by atoms with Gasteiger partial charge in [0.15, 0.2) is 0 Å². The Hall–Kier alpha value is -3.52. The molecule has 1 heterocycles. The van der Waals surface area contributed by atoms with Gasteiger partial charge in [-0.05, 0) is 66.3 Å². The van der Waals surface area contributed by atoms with Gasteiger partial charge in [-0.25, -0.2) is 0 Å². The van der Waals surface area contributed by atoms with Crippen molar-refractivity contribution in [3.8, 4) is 0 Å². The molecule has 36 heavy (non-hydrogen) atoms. The SMILES string of the molecule is CCc1ccccc1NC(=O)c1c(NC(=O)c2ccc([N+](=O)[O-])cc2)sc2c1CCC(C(C)(C)C)C2. The number of nitrogens with one attached hydrogen (secondary N) is 2. The molecule has 4 rings (SSSR count). The van der Waals surface area contributed by atoms with Crippen LogP contribution in [0.1, 0.15) is 70.8 Å². The predicted octanol–water partition coefficient (Wildman–Crippen LogP) is 6.87. The minimum atomic E-state index is -0.503. The van der Waals surface area contributed by atoms with E-state index in [1.165, 1.54) is 35.6 Å². The van der Waals surface area contributed by atoms with E-state index in [-0.39, 0.29) is 17.0 Å². The molecular formula is C28H31N3O4S. The maximum absolute atomic E-state index is 13.6. The number of amides is 2. The molecule has 1 aromatic heterocycles. The van der Waals surface area contributed by atoms with E-state index >= 15 is 0 Å². The van der Waals surface area contributed by atoms with E-state index in [9.17, 15) is 19.7 Å². The molecule has 2 N–H and O–H groups in total. The predicted molar refractivity (Wildman–Crippen MR) is 144 cm³/mol. The van der Waals surface area contributed by atoms with Crippen LogP contribution in [0.4, 0.5) is 16.4 Å². The van der Waals surface area contributed by atoms with Crippen molar-refractivity contribution in [1.29, 1.82) is 0 Å². The van der Waals surface area contributed by atoms with Crippen LogP contribution >= 0.6 is 11.3 Å². The lowest BCUT2D eigenvalue weighted by Crippen LogP contribution is -2.27. The van der Waals surface area contributed by atoms with Crippen molar-refractivity contribution in [2.75, 3.05) is 10.6 Å². The minimum Gasteiger partial charge on any atom is -0.322 e. The molecule has 0 saturated carbocycles. The fraction of sp³-hybridized carbons (Fsp3) is 0.357. The Morgan fingerprint density at radius 1 is 1.06 bits per heavy atom. The number of benzene rings is 2. The average molecular weight is 506 g/mol. The smallest absolute Gasteiger partial charge is 0.269 e. The number of non-ortho nitro benzene ring substituents is 1. The van der Waals surface area contributed by atoms with Crippen molar-refractivity contribution in [2.24, 2.45) is 11.3 Å². The lowest BCUT2D eigenvalue weighted by molar-refractivity contribution is -0.384. The summed E-state index contributed by atoms with van der Waals surface area (Å²) >= 11 is 1.46. The fourth-order valence-electron chi connectivity index (χ4n) is 4.70. The molecule has 0 aliphatic heterocycles. The van der Waals surface area contributed by atoms with Gasteiger partial charge in [0.2, 0.25) is 0 Å². The number of para-hydroxylation sites is 1. The van der Waals surface area contributed by atoms with Gasteiger partial charge in [0.05, 0.1) is 10.5 Å². The van der Waals surface area contributed by atoms with Gasteiger partial charge < -0.3 is 10.6 Å². The zero-order valence-electron chi connectivity index (χ0n) is 21.0. The summed E-state index contributed by atoms with van der Waals surface area (Å²) in [5.41, 5.74) is 3.68. The van der Waals surface area contributed by atoms with Crippen LogP contribution < -0.4 is 10.6 Å². The highest BCUT2D eigenvalue weighted by molar-refractivity contribution is 7.17. The Kier molecular flexibility index (Phi) is 7.26. The first kappa shape index (κ1) is 25.6. The average Bonchev–Trinajstić information content (AvgIpc) is 3.21. The van der Waals surface area contributed by atoms with E-state index in [0.29, 0.717) is 22.0 Å². The van der Waals surface area contributed by atoms with Crippen molar-refractivity contribution < 1.29 is 14.5 Å². The third-order valence-corrected chi connectivity index (χ3v) is 8.10. The largest absolute Gasteiger partial charge is 0.322 e. The Labute approximate surface area is 215 Å². The van der Waals surface area contributed by atoms with Gasteiger partial charge in [-0.1, -0.05) is 45.9 Å². The molecule has 2 amide bonds. The van der Waals surface area contributed by atoms with Crippen LogP contribution in [-0.2, 0) is 19.3 Å². The van der Waals surface area contributed by atoms with Crippen molar-refractivity contribution in [2.45, 2.75) is 53.4 Å². The summed E-state index contributed by atoms with van der Waals surface area (Å²) in [5.74, 6) is -0.154. The van der Waals surface area contributed by atoms with Gasteiger partial charge in [0, 0.05) is 28.3 Å². The molecule has 2 aromatic carbocycles. The number of nitro groups is 1. The van der Waals surface area contributed by atoms with Gasteiger partial charge in [-0.3, -0.25) is 19.7 Å². The number of carbonyl (C=O) groups excluding carboxylic acids is 2. The van der Waals surface area contributed by atoms with E-state index in [4.69, 9.17) is 0 Å². The van der Waals surface area contributed by atoms with Crippen LogP contribution in [0.25, 0.3) is 0 Å². The molecule has 188 valence electrons. The Morgan fingerprint density at radius 3 is 2.39 bits per heavy atom. The molecule has 0 bridgehead atoms. The normalized spacial score (nSPS) is 15.2. The molecule has 0 spiro atoms. The number of nitro benzene ring substituents is 1. The number of rotatable bonds is 6. The summed E-state index contributed by atoms with van der Waals surface area (Å²) in [6.45, 7) is 8.76. The third-order valence-electron chi connectivity index (χ3n) is 6.93. The maximum atomic E-state index is 13.6. The lowest BCUT2D eigenvalue weighted by atomic mass is 9.72. The minimum absolute atomic E-state index is 0.0824. The molecule has 1 aliphatic rings. The lowest BCUT2D eigenvalue weighted by Gasteiger charge is -2.33. The molecule has 7 nitrogen and oxygen atoms in total. The number of thiophene rings is 1. The maximum Gasteiger partial charge on any atom is 0.269 e. The van der Waals surface area contributed by atoms with Gasteiger partial charge in [0.1, 0.15) is 5.00 Å². The molecule has 1 aliphatic carbocycles. The van der Waals surface area contributed by atoms with Gasteiger partial charge in [-0.15, -0.1) is 11.3 Å². The first-order valence-corrected chi connectivity index (χ1v) is 13.0. The number of anilines is 2. The fourth-order valence-corrected chi connectivity index (χ4v) is 6.02. The number of hydrogen-bond donors (Lipinski definition) is 2. The van der Waals surface area contributed by atoms with Crippen LogP contribution in [0.15, 0.2) is 48.5 Å². The number of nitrogens with zero attached hydrogens (tertiary/aromatic N) is 1. The molecule has 1 atom stereocenters. The van der Waals surface area contributed by atoms with E-state index in [0.717, 1.165) is 47.4 Å². The molecule has 3 aromatic rings. The second-order valence-electron chi connectivity index (χ2n) is 10.2. The van der Waals surface area contributed by atoms with Crippen LogP contribution in [0.2, 0.25) is 0 Å². The summed E-state index contributed by atoms with van der Waals surface area (Å²) in [6, 6.07) is 13.2. The zero-order valence-corrected chi connectivity index (χ0v) is 21.8. The summed E-state index contributed by atoms with van der Waals surface area (Å²) < 4.78 is 0. The summed E-state index contributed by atoms with van der Waals surface area (Å²) in [7, 11) is 0. The van der Waals surface area contributed by atoms with E-state index < -0.39 is 10.8 Å². The quantitative estimate of drug-likeness (QED) is 0.282. The Balaban J connectivity index is 1.68.